The molecule has 3 rings (SSSR count). The summed E-state index contributed by atoms with van der Waals surface area (Å²) in [6.07, 6.45) is 3.57. The van der Waals surface area contributed by atoms with Gasteiger partial charge in [0, 0.05) is 16.9 Å². The first-order chi connectivity index (χ1) is 11.1. The molecule has 1 heterocycles. The molecule has 0 unspecified atom stereocenters. The topological polar surface area (TPSA) is 44.1 Å². The first kappa shape index (κ1) is 15.4. The number of rotatable bonds is 4. The number of carbonyl (C=O) groups excluding carboxylic acids is 1. The highest BCUT2D eigenvalue weighted by Gasteiger charge is 2.12. The normalized spacial score (nSPS) is 10.5. The van der Waals surface area contributed by atoms with Gasteiger partial charge in [-0.25, -0.2) is 9.18 Å². The Balaban J connectivity index is 1.70. The third-order valence-electron chi connectivity index (χ3n) is 3.19. The zero-order valence-corrected chi connectivity index (χ0v) is 13.5. The van der Waals surface area contributed by atoms with Crippen molar-refractivity contribution in [2.75, 3.05) is 0 Å². The largest absolute Gasteiger partial charge is 0.420 e. The summed E-state index contributed by atoms with van der Waals surface area (Å²) in [6.45, 7) is 0.615. The number of hydrogen-bond donors (Lipinski definition) is 0. The molecule has 0 aliphatic carbocycles. The Morgan fingerprint density at radius 3 is 2.65 bits per heavy atom. The molecular weight excluding hydrogens is 363 g/mol. The second-order valence-corrected chi connectivity index (χ2v) is 5.78. The van der Waals surface area contributed by atoms with E-state index in [0.717, 1.165) is 5.56 Å². The summed E-state index contributed by atoms with van der Waals surface area (Å²) >= 11 is 3.15. The number of esters is 1. The van der Waals surface area contributed by atoms with Crippen LogP contribution in [0, 0.1) is 5.82 Å². The van der Waals surface area contributed by atoms with Gasteiger partial charge in [0.2, 0.25) is 0 Å². The van der Waals surface area contributed by atoms with E-state index in [4.69, 9.17) is 4.74 Å². The third-order valence-corrected chi connectivity index (χ3v) is 3.68. The van der Waals surface area contributed by atoms with Crippen molar-refractivity contribution in [3.63, 3.8) is 0 Å². The molecule has 0 amide bonds. The Kier molecular flexibility index (Phi) is 4.52. The summed E-state index contributed by atoms with van der Waals surface area (Å²) in [6, 6.07) is 13.0. The Morgan fingerprint density at radius 2 is 2.00 bits per heavy atom. The van der Waals surface area contributed by atoms with E-state index in [9.17, 15) is 9.18 Å². The van der Waals surface area contributed by atoms with Crippen LogP contribution in [-0.4, -0.2) is 15.7 Å². The van der Waals surface area contributed by atoms with Crippen LogP contribution in [0.25, 0.3) is 0 Å². The van der Waals surface area contributed by atoms with Gasteiger partial charge in [-0.3, -0.25) is 4.68 Å². The van der Waals surface area contributed by atoms with E-state index < -0.39 is 11.8 Å². The van der Waals surface area contributed by atoms with Crippen LogP contribution in [0.2, 0.25) is 0 Å². The molecule has 1 aromatic heterocycles. The molecule has 0 saturated carbocycles. The van der Waals surface area contributed by atoms with E-state index >= 15 is 0 Å². The van der Waals surface area contributed by atoms with Gasteiger partial charge in [0.25, 0.3) is 0 Å². The molecule has 0 fully saturated rings. The predicted octanol–water partition coefficient (Wildman–Crippen LogP) is 4.05. The summed E-state index contributed by atoms with van der Waals surface area (Å²) < 4.78 is 21.1. The van der Waals surface area contributed by atoms with Gasteiger partial charge in [0.1, 0.15) is 0 Å². The van der Waals surface area contributed by atoms with E-state index in [1.54, 1.807) is 29.1 Å². The average molecular weight is 375 g/mol. The number of hydrogen-bond acceptors (Lipinski definition) is 3. The van der Waals surface area contributed by atoms with E-state index in [0.29, 0.717) is 16.6 Å². The maximum atomic E-state index is 13.7. The fourth-order valence-electron chi connectivity index (χ4n) is 2.04. The number of nitrogens with zero attached hydrogens (tertiary/aromatic N) is 2. The Hall–Kier alpha value is -2.47. The molecule has 116 valence electrons. The van der Waals surface area contributed by atoms with Gasteiger partial charge in [-0.1, -0.05) is 28.1 Å². The Bertz CT molecular complexity index is 817. The second kappa shape index (κ2) is 6.75. The minimum absolute atomic E-state index is 0.0983. The van der Waals surface area contributed by atoms with Crippen LogP contribution < -0.4 is 4.74 Å². The minimum atomic E-state index is -0.600. The summed E-state index contributed by atoms with van der Waals surface area (Å²) in [5, 5.41) is 4.12. The van der Waals surface area contributed by atoms with Gasteiger partial charge in [-0.05, 0) is 42.0 Å². The molecule has 0 saturated heterocycles. The van der Waals surface area contributed by atoms with Crippen LogP contribution in [0.1, 0.15) is 15.9 Å². The third kappa shape index (κ3) is 3.84. The van der Waals surface area contributed by atoms with Gasteiger partial charge in [0.05, 0.1) is 12.1 Å². The molecule has 0 N–H and O–H groups in total. The minimum Gasteiger partial charge on any atom is -0.420 e. The maximum Gasteiger partial charge on any atom is 0.343 e. The van der Waals surface area contributed by atoms with Crippen LogP contribution >= 0.6 is 15.9 Å². The molecule has 4 nitrogen and oxygen atoms in total. The number of ether oxygens (including phenoxy) is 1. The number of halogens is 2. The van der Waals surface area contributed by atoms with E-state index in [1.807, 2.05) is 24.4 Å². The quantitative estimate of drug-likeness (QED) is 0.511. The van der Waals surface area contributed by atoms with E-state index in [2.05, 4.69) is 21.0 Å². The number of benzene rings is 2. The molecule has 0 aliphatic rings. The second-order valence-electron chi connectivity index (χ2n) is 4.86. The van der Waals surface area contributed by atoms with Crippen LogP contribution in [0.5, 0.6) is 5.75 Å². The smallest absolute Gasteiger partial charge is 0.343 e. The highest BCUT2D eigenvalue weighted by atomic mass is 79.9. The van der Waals surface area contributed by atoms with Crippen molar-refractivity contribution in [1.29, 1.82) is 0 Å². The van der Waals surface area contributed by atoms with Crippen molar-refractivity contribution in [2.24, 2.45) is 0 Å². The fourth-order valence-corrected chi connectivity index (χ4v) is 2.38. The molecule has 6 heteroatoms. The molecule has 2 aromatic carbocycles. The first-order valence-electron chi connectivity index (χ1n) is 6.85. The van der Waals surface area contributed by atoms with E-state index in [1.165, 1.54) is 12.1 Å². The van der Waals surface area contributed by atoms with Crippen molar-refractivity contribution < 1.29 is 13.9 Å². The predicted molar refractivity (Wildman–Crippen MR) is 86.8 cm³/mol. The van der Waals surface area contributed by atoms with Crippen LogP contribution in [0.15, 0.2) is 65.4 Å². The van der Waals surface area contributed by atoms with Crippen LogP contribution in [0.3, 0.4) is 0 Å². The molecule has 0 aliphatic heterocycles. The van der Waals surface area contributed by atoms with Gasteiger partial charge < -0.3 is 4.74 Å². The lowest BCUT2D eigenvalue weighted by atomic mass is 10.1. The van der Waals surface area contributed by atoms with Gasteiger partial charge in [-0.2, -0.15) is 5.10 Å². The highest BCUT2D eigenvalue weighted by molar-refractivity contribution is 9.10. The zero-order chi connectivity index (χ0) is 16.2. The summed E-state index contributed by atoms with van der Waals surface area (Å²) in [7, 11) is 0. The van der Waals surface area contributed by atoms with Gasteiger partial charge >= 0.3 is 5.97 Å². The fraction of sp³-hybridized carbons (Fsp3) is 0.0588. The molecule has 0 spiro atoms. The summed E-state index contributed by atoms with van der Waals surface area (Å²) in [5.74, 6) is -1.29. The van der Waals surface area contributed by atoms with Crippen LogP contribution in [-0.2, 0) is 6.54 Å². The Labute approximate surface area is 140 Å². The molecule has 0 bridgehead atoms. The molecule has 0 radical (unpaired) electrons. The first-order valence-corrected chi connectivity index (χ1v) is 7.65. The lowest BCUT2D eigenvalue weighted by Crippen LogP contribution is -2.10. The Morgan fingerprint density at radius 1 is 1.22 bits per heavy atom. The van der Waals surface area contributed by atoms with Gasteiger partial charge in [0.15, 0.2) is 11.6 Å². The summed E-state index contributed by atoms with van der Waals surface area (Å²) in [4.78, 5) is 12.1. The number of carbonyl (C=O) groups is 1. The van der Waals surface area contributed by atoms with Crippen molar-refractivity contribution in [3.8, 4) is 5.75 Å². The molecule has 0 atom stereocenters. The average Bonchev–Trinajstić information content (AvgIpc) is 3.04. The van der Waals surface area contributed by atoms with E-state index in [-0.39, 0.29) is 5.75 Å². The van der Waals surface area contributed by atoms with Crippen molar-refractivity contribution in [2.45, 2.75) is 6.54 Å². The highest BCUT2D eigenvalue weighted by Crippen LogP contribution is 2.22. The zero-order valence-electron chi connectivity index (χ0n) is 11.9. The standard InChI is InChI=1S/C17H12BrFN2O2/c18-14-6-7-16(15(19)10-14)23-17(22)13-4-2-12(3-5-13)11-21-9-1-8-20-21/h1-10H,11H2. The maximum absolute atomic E-state index is 13.7. The summed E-state index contributed by atoms with van der Waals surface area (Å²) in [5.41, 5.74) is 1.36. The van der Waals surface area contributed by atoms with Crippen molar-refractivity contribution in [1.82, 2.24) is 9.78 Å². The monoisotopic (exact) mass is 374 g/mol. The molecule has 23 heavy (non-hydrogen) atoms. The lowest BCUT2D eigenvalue weighted by molar-refractivity contribution is 0.0728. The molecule has 3 aromatic rings. The van der Waals surface area contributed by atoms with Crippen molar-refractivity contribution >= 4 is 21.9 Å². The van der Waals surface area contributed by atoms with Crippen molar-refractivity contribution in [3.05, 3.63) is 82.3 Å². The number of aromatic nitrogens is 2. The SMILES string of the molecule is O=C(Oc1ccc(Br)cc1F)c1ccc(Cn2cccn2)cc1. The lowest BCUT2D eigenvalue weighted by Gasteiger charge is -2.07. The van der Waals surface area contributed by atoms with Gasteiger partial charge in [-0.15, -0.1) is 0 Å². The molecular formula is C17H12BrFN2O2. The van der Waals surface area contributed by atoms with Crippen LogP contribution in [0.4, 0.5) is 4.39 Å².